The number of nitrogens with zero attached hydrogens (tertiary/aromatic N) is 1. The van der Waals surface area contributed by atoms with Crippen LogP contribution in [0.4, 0.5) is 8.78 Å². The minimum atomic E-state index is -0.740. The van der Waals surface area contributed by atoms with E-state index in [2.05, 4.69) is 0 Å². The van der Waals surface area contributed by atoms with Gasteiger partial charge in [0.15, 0.2) is 0 Å². The fourth-order valence-corrected chi connectivity index (χ4v) is 2.60. The number of aliphatic hydroxyl groups excluding tert-OH is 1. The third-order valence-corrected chi connectivity index (χ3v) is 3.84. The van der Waals surface area contributed by atoms with Crippen LogP contribution in [0.5, 0.6) is 0 Å². The Morgan fingerprint density at radius 1 is 1.27 bits per heavy atom. The lowest BCUT2D eigenvalue weighted by Gasteiger charge is -2.25. The van der Waals surface area contributed by atoms with Gasteiger partial charge in [0.05, 0.1) is 19.0 Å². The summed E-state index contributed by atoms with van der Waals surface area (Å²) in [4.78, 5) is 1.90. The summed E-state index contributed by atoms with van der Waals surface area (Å²) in [6.45, 7) is 2.16. The molecule has 5 nitrogen and oxygen atoms in total. The highest BCUT2D eigenvalue weighted by Gasteiger charge is 2.15. The Morgan fingerprint density at radius 2 is 2.12 bits per heavy atom. The molecule has 144 valence electrons. The Hall–Kier alpha value is -1.80. The van der Waals surface area contributed by atoms with Gasteiger partial charge in [-0.3, -0.25) is 4.90 Å². The van der Waals surface area contributed by atoms with E-state index in [0.29, 0.717) is 31.0 Å². The van der Waals surface area contributed by atoms with Gasteiger partial charge < -0.3 is 19.0 Å². The highest BCUT2D eigenvalue weighted by atomic mass is 19.1. The number of furan rings is 1. The zero-order valence-electron chi connectivity index (χ0n) is 14.9. The van der Waals surface area contributed by atoms with Crippen molar-refractivity contribution in [2.75, 3.05) is 33.4 Å². The van der Waals surface area contributed by atoms with Gasteiger partial charge in [-0.05, 0) is 24.6 Å². The molecule has 1 atom stereocenters. The minimum absolute atomic E-state index is 0.132. The molecule has 0 bridgehead atoms. The number of aliphatic hydroxyl groups is 1. The Morgan fingerprint density at radius 3 is 2.81 bits per heavy atom. The van der Waals surface area contributed by atoms with Crippen LogP contribution in [0.1, 0.15) is 17.7 Å². The second kappa shape index (κ2) is 11.0. The zero-order valence-corrected chi connectivity index (χ0v) is 14.9. The first-order valence-electron chi connectivity index (χ1n) is 8.52. The van der Waals surface area contributed by atoms with E-state index >= 15 is 0 Å². The molecule has 1 aromatic carbocycles. The van der Waals surface area contributed by atoms with Crippen molar-refractivity contribution in [1.29, 1.82) is 0 Å². The zero-order chi connectivity index (χ0) is 18.8. The maximum Gasteiger partial charge on any atom is 0.130 e. The highest BCUT2D eigenvalue weighted by molar-refractivity contribution is 5.18. The van der Waals surface area contributed by atoms with Crippen LogP contribution in [0.3, 0.4) is 0 Å². The normalized spacial score (nSPS) is 12.7. The fraction of sp³-hybridized carbons (Fsp3) is 0.474. The predicted molar refractivity (Wildman–Crippen MR) is 92.5 cm³/mol. The molecule has 1 aromatic heterocycles. The SMILES string of the molecule is COCCCN(Cc1ccc(F)cc1F)C[C@H](O)COCc1ccco1. The van der Waals surface area contributed by atoms with Gasteiger partial charge in [-0.1, -0.05) is 6.07 Å². The molecule has 0 saturated carbocycles. The Bertz CT molecular complexity index is 636. The smallest absolute Gasteiger partial charge is 0.130 e. The molecule has 0 unspecified atom stereocenters. The van der Waals surface area contributed by atoms with E-state index < -0.39 is 17.7 Å². The first kappa shape index (κ1) is 20.5. The standard InChI is InChI=1S/C19H25F2NO4/c1-24-8-3-7-22(11-15-5-6-16(20)10-19(15)21)12-17(23)13-25-14-18-4-2-9-26-18/h2,4-6,9-10,17,23H,3,7-8,11-14H2,1H3/t17-/m0/s1. The molecule has 1 N–H and O–H groups in total. The second-order valence-electron chi connectivity index (χ2n) is 6.07. The minimum Gasteiger partial charge on any atom is -0.467 e. The van der Waals surface area contributed by atoms with Crippen LogP contribution < -0.4 is 0 Å². The van der Waals surface area contributed by atoms with Crippen molar-refractivity contribution in [3.63, 3.8) is 0 Å². The summed E-state index contributed by atoms with van der Waals surface area (Å²) < 4.78 is 42.6. The third kappa shape index (κ3) is 7.21. The van der Waals surface area contributed by atoms with Gasteiger partial charge in [0.2, 0.25) is 0 Å². The molecule has 0 fully saturated rings. The Labute approximate surface area is 152 Å². The van der Waals surface area contributed by atoms with Crippen LogP contribution in [0.2, 0.25) is 0 Å². The summed E-state index contributed by atoms with van der Waals surface area (Å²) in [5.74, 6) is -0.517. The molecule has 0 amide bonds. The van der Waals surface area contributed by atoms with Gasteiger partial charge in [0.25, 0.3) is 0 Å². The van der Waals surface area contributed by atoms with Crippen molar-refractivity contribution in [1.82, 2.24) is 4.90 Å². The van der Waals surface area contributed by atoms with Gasteiger partial charge in [0.1, 0.15) is 24.0 Å². The van der Waals surface area contributed by atoms with E-state index in [1.807, 2.05) is 4.90 Å². The van der Waals surface area contributed by atoms with Crippen LogP contribution in [-0.2, 0) is 22.6 Å². The number of rotatable bonds is 12. The van der Waals surface area contributed by atoms with Crippen LogP contribution in [0.15, 0.2) is 41.0 Å². The maximum absolute atomic E-state index is 13.9. The van der Waals surface area contributed by atoms with E-state index in [-0.39, 0.29) is 19.8 Å². The number of hydrogen-bond acceptors (Lipinski definition) is 5. The summed E-state index contributed by atoms with van der Waals surface area (Å²) in [6.07, 6.45) is 1.56. The van der Waals surface area contributed by atoms with Crippen molar-refractivity contribution in [2.45, 2.75) is 25.7 Å². The molecule has 7 heteroatoms. The van der Waals surface area contributed by atoms with Gasteiger partial charge in [-0.15, -0.1) is 0 Å². The van der Waals surface area contributed by atoms with Gasteiger partial charge in [0, 0.05) is 45.0 Å². The second-order valence-corrected chi connectivity index (χ2v) is 6.07. The summed E-state index contributed by atoms with van der Waals surface area (Å²) in [5.41, 5.74) is 0.382. The molecule has 0 aliphatic rings. The molecule has 0 aliphatic carbocycles. The average molecular weight is 369 g/mol. The summed E-state index contributed by atoms with van der Waals surface area (Å²) in [7, 11) is 1.61. The van der Waals surface area contributed by atoms with Crippen molar-refractivity contribution in [3.05, 3.63) is 59.6 Å². The molecular formula is C19H25F2NO4. The maximum atomic E-state index is 13.9. The van der Waals surface area contributed by atoms with E-state index in [0.717, 1.165) is 12.5 Å². The molecule has 2 aromatic rings. The quantitative estimate of drug-likeness (QED) is 0.583. The van der Waals surface area contributed by atoms with Gasteiger partial charge in [-0.2, -0.15) is 0 Å². The van der Waals surface area contributed by atoms with E-state index in [1.165, 1.54) is 12.1 Å². The number of ether oxygens (including phenoxy) is 2. The molecule has 0 spiro atoms. The van der Waals surface area contributed by atoms with E-state index in [1.54, 1.807) is 25.5 Å². The lowest BCUT2D eigenvalue weighted by molar-refractivity contribution is 0.00267. The van der Waals surface area contributed by atoms with Gasteiger partial charge in [-0.25, -0.2) is 8.78 Å². The lowest BCUT2D eigenvalue weighted by atomic mass is 10.1. The van der Waals surface area contributed by atoms with Crippen LogP contribution >= 0.6 is 0 Å². The Balaban J connectivity index is 1.86. The van der Waals surface area contributed by atoms with Crippen LogP contribution in [0.25, 0.3) is 0 Å². The molecular weight excluding hydrogens is 344 g/mol. The lowest BCUT2D eigenvalue weighted by Crippen LogP contribution is -2.35. The fourth-order valence-electron chi connectivity index (χ4n) is 2.60. The molecule has 0 radical (unpaired) electrons. The summed E-state index contributed by atoms with van der Waals surface area (Å²) in [5, 5.41) is 10.2. The first-order valence-corrected chi connectivity index (χ1v) is 8.52. The molecule has 1 heterocycles. The number of benzene rings is 1. The van der Waals surface area contributed by atoms with Crippen molar-refractivity contribution in [2.24, 2.45) is 0 Å². The van der Waals surface area contributed by atoms with Gasteiger partial charge >= 0.3 is 0 Å². The van der Waals surface area contributed by atoms with E-state index in [4.69, 9.17) is 13.9 Å². The van der Waals surface area contributed by atoms with Crippen molar-refractivity contribution >= 4 is 0 Å². The molecule has 0 saturated heterocycles. The highest BCUT2D eigenvalue weighted by Crippen LogP contribution is 2.13. The monoisotopic (exact) mass is 369 g/mol. The summed E-state index contributed by atoms with van der Waals surface area (Å²) in [6, 6.07) is 7.08. The number of methoxy groups -OCH3 is 1. The number of hydrogen-bond donors (Lipinski definition) is 1. The first-order chi connectivity index (χ1) is 12.6. The topological polar surface area (TPSA) is 55.1 Å². The van der Waals surface area contributed by atoms with Crippen molar-refractivity contribution in [3.8, 4) is 0 Å². The van der Waals surface area contributed by atoms with E-state index in [9.17, 15) is 13.9 Å². The Kier molecular flexibility index (Phi) is 8.70. The number of halogens is 2. The van der Waals surface area contributed by atoms with Crippen LogP contribution in [0, 0.1) is 11.6 Å². The van der Waals surface area contributed by atoms with Crippen LogP contribution in [-0.4, -0.2) is 49.5 Å². The molecule has 2 rings (SSSR count). The predicted octanol–water partition coefficient (Wildman–Crippen LogP) is 2.97. The molecule has 0 aliphatic heterocycles. The summed E-state index contributed by atoms with van der Waals surface area (Å²) >= 11 is 0. The largest absolute Gasteiger partial charge is 0.467 e. The average Bonchev–Trinajstić information content (AvgIpc) is 3.11. The molecule has 26 heavy (non-hydrogen) atoms. The third-order valence-electron chi connectivity index (χ3n) is 3.84. The van der Waals surface area contributed by atoms with Crippen molar-refractivity contribution < 1.29 is 27.8 Å².